The van der Waals surface area contributed by atoms with Gasteiger partial charge in [-0.1, -0.05) is 0 Å². The molecule has 0 atom stereocenters. The van der Waals surface area contributed by atoms with Crippen molar-refractivity contribution in [2.24, 2.45) is 0 Å². The molecule has 1 rings (SSSR count). The Morgan fingerprint density at radius 3 is 1.75 bits per heavy atom. The topological polar surface area (TPSA) is 0 Å². The van der Waals surface area contributed by atoms with Crippen molar-refractivity contribution in [2.75, 3.05) is 0 Å². The van der Waals surface area contributed by atoms with Gasteiger partial charge in [-0.2, -0.15) is 0 Å². The molecule has 1 heterocycles. The van der Waals surface area contributed by atoms with E-state index < -0.39 is 0 Å². The summed E-state index contributed by atoms with van der Waals surface area (Å²) in [6.45, 7) is 0.380. The second kappa shape index (κ2) is 1.12. The van der Waals surface area contributed by atoms with Crippen molar-refractivity contribution in [3.05, 3.63) is 0 Å². The first-order valence-corrected chi connectivity index (χ1v) is 7.41. The van der Waals surface area contributed by atoms with E-state index in [2.05, 4.69) is 8.53 Å². The normalized spacial score (nSPS) is 34.5. The molecule has 0 nitrogen and oxygen atoms in total. The Kier molecular flexibility index (Phi) is 0.949. The van der Waals surface area contributed by atoms with Crippen molar-refractivity contribution < 1.29 is 0 Å². The lowest BCUT2D eigenvalue weighted by atomic mass is 29.6. The maximum absolute atomic E-state index is 3.46. The Hall–Kier alpha value is 1.20. The Morgan fingerprint density at radius 2 is 1.75 bits per heavy atom. The van der Waals surface area contributed by atoms with Crippen molar-refractivity contribution in [1.29, 1.82) is 0 Å². The van der Waals surface area contributed by atoms with Gasteiger partial charge in [0.1, 0.15) is 8.53 Å². The van der Waals surface area contributed by atoms with Gasteiger partial charge in [0.25, 0.3) is 0 Å². The largest absolute Gasteiger partial charge is 0.247 e. The summed E-state index contributed by atoms with van der Waals surface area (Å²) in [7, 11) is 6.69. The van der Waals surface area contributed by atoms with Crippen LogP contribution in [0.3, 0.4) is 0 Å². The van der Waals surface area contributed by atoms with Crippen LogP contribution in [0.15, 0.2) is 0 Å². The third-order valence-electron chi connectivity index (χ3n) is 0.179. The minimum Gasteiger partial charge on any atom is 0.122 e. The lowest BCUT2D eigenvalue weighted by Gasteiger charge is -1.12. The molecule has 0 aromatic carbocycles. The number of hydrogen-bond acceptors (Lipinski definition) is 0. The average molecular weight is 125 g/mol. The predicted molar refractivity (Wildman–Crippen MR) is 29.1 cm³/mol. The highest BCUT2D eigenvalue weighted by Crippen LogP contribution is 2.78. The van der Waals surface area contributed by atoms with Crippen LogP contribution in [0.2, 0.25) is 0 Å². The lowest BCUT2D eigenvalue weighted by molar-refractivity contribution is 5.57. The van der Waals surface area contributed by atoms with E-state index in [-0.39, 0.29) is 0 Å². The minimum atomic E-state index is 0.380. The summed E-state index contributed by atoms with van der Waals surface area (Å²) in [4.78, 5) is 0. The fourth-order valence-electron chi connectivity index (χ4n) is 0.0200. The number of rotatable bonds is 0. The van der Waals surface area contributed by atoms with Crippen molar-refractivity contribution in [1.82, 2.24) is 0 Å². The molecule has 0 saturated heterocycles. The van der Waals surface area contributed by atoms with Gasteiger partial charge >= 0.3 is 0 Å². The number of hydrogen-bond donors (Lipinski definition) is 0. The van der Waals surface area contributed by atoms with Gasteiger partial charge in [-0.3, -0.25) is 0 Å². The molecule has 0 fully saturated rings. The van der Waals surface area contributed by atoms with E-state index in [1.807, 2.05) is 0 Å². The van der Waals surface area contributed by atoms with Gasteiger partial charge in [-0.15, -0.1) is 0 Å². The van der Waals surface area contributed by atoms with Crippen LogP contribution in [0.1, 0.15) is 0 Å². The highest BCUT2D eigenvalue weighted by atomic mass is 32.9. The molecule has 4 heavy (non-hydrogen) atoms. The Labute approximate surface area is 31.0 Å². The molecule has 20 valence electrons. The first-order chi connectivity index (χ1) is 1.89. The van der Waals surface area contributed by atoms with E-state index >= 15 is 0 Å². The molecule has 0 amide bonds. The molecule has 0 aliphatic carbocycles. The van der Waals surface area contributed by atoms with Crippen LogP contribution in [-0.2, 0) is 0 Å². The molecule has 0 spiro atoms. The average Bonchev–Trinajstić information content (AvgIpc) is 1.75. The quantitative estimate of drug-likeness (QED) is 0.436. The van der Waals surface area contributed by atoms with Gasteiger partial charge in [0, 0.05) is 0 Å². The summed E-state index contributed by atoms with van der Waals surface area (Å²) < 4.78 is 0. The molecular formula is HP4+. The summed E-state index contributed by atoms with van der Waals surface area (Å²) in [5.74, 6) is 0. The lowest BCUT2D eigenvalue weighted by Crippen LogP contribution is -0.484. The summed E-state index contributed by atoms with van der Waals surface area (Å²) in [5.41, 5.74) is 0. The molecular weight excluding hydrogens is 124 g/mol. The van der Waals surface area contributed by atoms with Crippen molar-refractivity contribution >= 4 is 30.2 Å². The zero-order chi connectivity index (χ0) is 2.99. The first-order valence-electron chi connectivity index (χ1n) is 0.824. The fraction of sp³-hybridized carbons (Fsp3) is 0. The van der Waals surface area contributed by atoms with E-state index in [9.17, 15) is 0 Å². The van der Waals surface area contributed by atoms with Crippen molar-refractivity contribution in [2.45, 2.75) is 0 Å². The standard InChI is InChI=1S/HP4/c1-4-2-3-4/h1H/q+1. The maximum Gasteiger partial charge on any atom is 0.247 e. The van der Waals surface area contributed by atoms with Crippen LogP contribution in [0.4, 0.5) is 0 Å². The fourth-order valence-corrected chi connectivity index (χ4v) is 4.86. The highest BCUT2D eigenvalue weighted by Gasteiger charge is 2.15. The maximum atomic E-state index is 3.46. The van der Waals surface area contributed by atoms with Gasteiger partial charge < -0.3 is 0 Å². The molecule has 0 unspecified atom stereocenters. The summed E-state index contributed by atoms with van der Waals surface area (Å²) in [6, 6.07) is 0. The van der Waals surface area contributed by atoms with Gasteiger partial charge in [0.05, 0.1) is 0 Å². The second-order valence-electron chi connectivity index (χ2n) is 0.468. The second-order valence-corrected chi connectivity index (χ2v) is 12.6. The van der Waals surface area contributed by atoms with E-state index in [0.29, 0.717) is 6.59 Å². The summed E-state index contributed by atoms with van der Waals surface area (Å²) in [6.07, 6.45) is 0. The van der Waals surface area contributed by atoms with Crippen LogP contribution in [-0.4, -0.2) is 0 Å². The molecule has 4 heteroatoms. The smallest absolute Gasteiger partial charge is 0.122 e. The van der Waals surface area contributed by atoms with E-state index in [1.54, 1.807) is 15.1 Å². The van der Waals surface area contributed by atoms with Crippen LogP contribution in [0.5, 0.6) is 0 Å². The van der Waals surface area contributed by atoms with Crippen molar-refractivity contribution in [3.63, 3.8) is 0 Å². The molecule has 0 bridgehead atoms. The first kappa shape index (κ1) is 3.39. The molecule has 0 aromatic heterocycles. The summed E-state index contributed by atoms with van der Waals surface area (Å²) in [5, 5.41) is 0. The molecule has 1 aliphatic heterocycles. The predicted octanol–water partition coefficient (Wildman–Crippen LogP) is 3.18. The molecule has 0 aromatic rings. The van der Waals surface area contributed by atoms with E-state index in [1.165, 1.54) is 0 Å². The summed E-state index contributed by atoms with van der Waals surface area (Å²) >= 11 is 0. The third kappa shape index (κ3) is 0.878. The van der Waals surface area contributed by atoms with Crippen LogP contribution >= 0.6 is 30.2 Å². The third-order valence-corrected chi connectivity index (χ3v) is 9.66. The Balaban J connectivity index is 2.80. The van der Waals surface area contributed by atoms with Gasteiger partial charge in [0.2, 0.25) is 21.7 Å². The zero-order valence-electron chi connectivity index (χ0n) is 1.84. The van der Waals surface area contributed by atoms with E-state index in [4.69, 9.17) is 0 Å². The zero-order valence-corrected chi connectivity index (χ0v) is 5.52. The van der Waals surface area contributed by atoms with Crippen LogP contribution < -0.4 is 0 Å². The molecule has 0 N–H and O–H groups in total. The molecule has 0 radical (unpaired) electrons. The Morgan fingerprint density at radius 1 is 1.50 bits per heavy atom. The molecule has 1 aliphatic rings. The van der Waals surface area contributed by atoms with E-state index in [0.717, 1.165) is 0 Å². The monoisotopic (exact) mass is 125 g/mol. The SMILES string of the molecule is P=[P+]1P=P1. The van der Waals surface area contributed by atoms with Crippen LogP contribution in [0.25, 0.3) is 0 Å². The van der Waals surface area contributed by atoms with Gasteiger partial charge in [-0.05, 0) is 0 Å². The van der Waals surface area contributed by atoms with Crippen molar-refractivity contribution in [3.8, 4) is 0 Å². The molecule has 0 saturated carbocycles. The van der Waals surface area contributed by atoms with Gasteiger partial charge in [-0.25, -0.2) is 0 Å². The van der Waals surface area contributed by atoms with Crippen LogP contribution in [0, 0.1) is 0 Å². The minimum absolute atomic E-state index is 0.380. The Bertz CT molecular complexity index is 60.1. The van der Waals surface area contributed by atoms with Gasteiger partial charge in [0.15, 0.2) is 0 Å². The highest BCUT2D eigenvalue weighted by molar-refractivity contribution is 8.84.